The van der Waals surface area contributed by atoms with E-state index in [0.717, 1.165) is 19.3 Å². The van der Waals surface area contributed by atoms with Crippen molar-refractivity contribution in [3.8, 4) is 6.07 Å². The van der Waals surface area contributed by atoms with E-state index >= 15 is 0 Å². The molecule has 4 nitrogen and oxygen atoms in total. The van der Waals surface area contributed by atoms with Crippen LogP contribution in [0.5, 0.6) is 0 Å². The van der Waals surface area contributed by atoms with E-state index in [0.29, 0.717) is 19.4 Å². The normalized spacial score (nSPS) is 11.4. The van der Waals surface area contributed by atoms with Crippen molar-refractivity contribution in [2.24, 2.45) is 0 Å². The summed E-state index contributed by atoms with van der Waals surface area (Å²) in [4.78, 5) is 0. The molecule has 1 N–H and O–H groups in total. The number of nitriles is 1. The lowest BCUT2D eigenvalue weighted by molar-refractivity contribution is 0.563. The molecule has 0 unspecified atom stereocenters. The highest BCUT2D eigenvalue weighted by atomic mass is 32.2. The quantitative estimate of drug-likeness (QED) is 0.528. The average molecular weight is 288 g/mol. The summed E-state index contributed by atoms with van der Waals surface area (Å²) in [5.41, 5.74) is 0. The first-order chi connectivity index (χ1) is 9.12. The van der Waals surface area contributed by atoms with Gasteiger partial charge in [0.25, 0.3) is 0 Å². The van der Waals surface area contributed by atoms with Crippen LogP contribution in [0, 0.1) is 11.3 Å². The topological polar surface area (TPSA) is 70.0 Å². The molecule has 0 aromatic rings. The number of hydrogen-bond donors (Lipinski definition) is 1. The van der Waals surface area contributed by atoms with Gasteiger partial charge >= 0.3 is 0 Å². The Labute approximate surface area is 118 Å². The molecule has 0 aliphatic carbocycles. The van der Waals surface area contributed by atoms with Crippen LogP contribution in [0.2, 0.25) is 0 Å². The fraction of sp³-hybridized carbons (Fsp3) is 0.929. The summed E-state index contributed by atoms with van der Waals surface area (Å²) >= 11 is 0. The number of sulfonamides is 1. The maximum atomic E-state index is 11.6. The fourth-order valence-corrected chi connectivity index (χ4v) is 3.08. The Bertz CT molecular complexity index is 334. The molecule has 0 aromatic heterocycles. The van der Waals surface area contributed by atoms with Gasteiger partial charge in [-0.05, 0) is 12.8 Å². The fourth-order valence-electron chi connectivity index (χ4n) is 1.89. The van der Waals surface area contributed by atoms with Gasteiger partial charge in [-0.25, -0.2) is 13.1 Å². The summed E-state index contributed by atoms with van der Waals surface area (Å²) in [6.45, 7) is 2.58. The number of rotatable bonds is 13. The van der Waals surface area contributed by atoms with Crippen LogP contribution in [0.3, 0.4) is 0 Å². The molecule has 0 amide bonds. The molecule has 0 saturated carbocycles. The predicted molar refractivity (Wildman–Crippen MR) is 79.2 cm³/mol. The van der Waals surface area contributed by atoms with Crippen LogP contribution in [0.4, 0.5) is 0 Å². The van der Waals surface area contributed by atoms with Crippen molar-refractivity contribution in [3.63, 3.8) is 0 Å². The van der Waals surface area contributed by atoms with Gasteiger partial charge in [0.05, 0.1) is 11.8 Å². The Balaban J connectivity index is 3.41. The highest BCUT2D eigenvalue weighted by molar-refractivity contribution is 7.89. The van der Waals surface area contributed by atoms with Crippen LogP contribution in [-0.4, -0.2) is 20.7 Å². The van der Waals surface area contributed by atoms with Gasteiger partial charge in [0.2, 0.25) is 10.0 Å². The zero-order valence-electron chi connectivity index (χ0n) is 12.2. The Morgan fingerprint density at radius 1 is 0.947 bits per heavy atom. The van der Waals surface area contributed by atoms with E-state index in [1.165, 1.54) is 32.1 Å². The third kappa shape index (κ3) is 13.6. The summed E-state index contributed by atoms with van der Waals surface area (Å²) in [7, 11) is -3.12. The van der Waals surface area contributed by atoms with Gasteiger partial charge in [-0.15, -0.1) is 0 Å². The zero-order valence-corrected chi connectivity index (χ0v) is 13.0. The summed E-state index contributed by atoms with van der Waals surface area (Å²) in [6, 6.07) is 2.00. The second kappa shape index (κ2) is 12.4. The zero-order chi connectivity index (χ0) is 14.4. The lowest BCUT2D eigenvalue weighted by atomic mass is 10.1. The van der Waals surface area contributed by atoms with Gasteiger partial charge in [-0.1, -0.05) is 51.9 Å². The molecule has 0 rings (SSSR count). The molecule has 0 aliphatic rings. The third-order valence-electron chi connectivity index (χ3n) is 3.05. The van der Waals surface area contributed by atoms with Crippen molar-refractivity contribution < 1.29 is 8.42 Å². The monoisotopic (exact) mass is 288 g/mol. The lowest BCUT2D eigenvalue weighted by Crippen LogP contribution is -2.27. The molecule has 5 heteroatoms. The first kappa shape index (κ1) is 18.4. The molecule has 112 valence electrons. The van der Waals surface area contributed by atoms with Gasteiger partial charge in [-0.3, -0.25) is 0 Å². The minimum absolute atomic E-state index is 0.217. The second-order valence-electron chi connectivity index (χ2n) is 4.95. The third-order valence-corrected chi connectivity index (χ3v) is 4.52. The largest absolute Gasteiger partial charge is 0.215 e. The van der Waals surface area contributed by atoms with Crippen molar-refractivity contribution in [1.82, 2.24) is 4.72 Å². The van der Waals surface area contributed by atoms with E-state index in [4.69, 9.17) is 5.26 Å². The molecule has 0 bridgehead atoms. The van der Waals surface area contributed by atoms with Gasteiger partial charge < -0.3 is 0 Å². The number of hydrogen-bond acceptors (Lipinski definition) is 3. The average Bonchev–Trinajstić information content (AvgIpc) is 2.38. The van der Waals surface area contributed by atoms with Crippen LogP contribution >= 0.6 is 0 Å². The number of unbranched alkanes of at least 4 members (excludes halogenated alkanes) is 8. The molecule has 0 aliphatic heterocycles. The molecular weight excluding hydrogens is 260 g/mol. The van der Waals surface area contributed by atoms with Gasteiger partial charge in [0.15, 0.2) is 0 Å². The van der Waals surface area contributed by atoms with E-state index < -0.39 is 10.0 Å². The van der Waals surface area contributed by atoms with E-state index in [-0.39, 0.29) is 5.75 Å². The highest BCUT2D eigenvalue weighted by Gasteiger charge is 2.08. The van der Waals surface area contributed by atoms with E-state index in [1.54, 1.807) is 0 Å². The van der Waals surface area contributed by atoms with Gasteiger partial charge in [-0.2, -0.15) is 5.26 Å². The summed E-state index contributed by atoms with van der Waals surface area (Å²) in [5, 5.41) is 8.35. The molecule has 0 spiro atoms. The predicted octanol–water partition coefficient (Wildman–Crippen LogP) is 3.35. The second-order valence-corrected chi connectivity index (χ2v) is 6.88. The minimum atomic E-state index is -3.12. The lowest BCUT2D eigenvalue weighted by Gasteiger charge is -2.05. The Morgan fingerprint density at radius 3 is 2.11 bits per heavy atom. The van der Waals surface area contributed by atoms with Crippen LogP contribution in [-0.2, 0) is 10.0 Å². The van der Waals surface area contributed by atoms with Crippen LogP contribution in [0.15, 0.2) is 0 Å². The van der Waals surface area contributed by atoms with Crippen molar-refractivity contribution in [2.75, 3.05) is 12.3 Å². The van der Waals surface area contributed by atoms with Crippen molar-refractivity contribution in [3.05, 3.63) is 0 Å². The van der Waals surface area contributed by atoms with Crippen LogP contribution in [0.25, 0.3) is 0 Å². The molecule has 19 heavy (non-hydrogen) atoms. The molecular formula is C14H28N2O2S. The molecule has 0 aromatic carbocycles. The van der Waals surface area contributed by atoms with E-state index in [9.17, 15) is 8.42 Å². The smallest absolute Gasteiger partial charge is 0.211 e. The minimum Gasteiger partial charge on any atom is -0.215 e. The Morgan fingerprint density at radius 2 is 1.53 bits per heavy atom. The highest BCUT2D eigenvalue weighted by Crippen LogP contribution is 2.08. The summed E-state index contributed by atoms with van der Waals surface area (Å²) < 4.78 is 25.7. The number of nitrogens with one attached hydrogen (secondary N) is 1. The summed E-state index contributed by atoms with van der Waals surface area (Å²) in [5.74, 6) is 0.217. The van der Waals surface area contributed by atoms with Gasteiger partial charge in [0.1, 0.15) is 0 Å². The van der Waals surface area contributed by atoms with E-state index in [2.05, 4.69) is 11.6 Å². The van der Waals surface area contributed by atoms with Crippen molar-refractivity contribution >= 4 is 10.0 Å². The molecule has 0 radical (unpaired) electrons. The first-order valence-corrected chi connectivity index (χ1v) is 9.12. The van der Waals surface area contributed by atoms with Crippen molar-refractivity contribution in [1.29, 1.82) is 5.26 Å². The molecule has 0 atom stereocenters. The summed E-state index contributed by atoms with van der Waals surface area (Å²) in [6.07, 6.45) is 10.2. The maximum Gasteiger partial charge on any atom is 0.211 e. The maximum absolute atomic E-state index is 11.6. The van der Waals surface area contributed by atoms with Crippen LogP contribution < -0.4 is 4.72 Å². The van der Waals surface area contributed by atoms with Crippen molar-refractivity contribution in [2.45, 2.75) is 71.1 Å². The Hall–Kier alpha value is -0.600. The first-order valence-electron chi connectivity index (χ1n) is 7.46. The SMILES string of the molecule is CCCCCCCCCCS(=O)(=O)NCCCC#N. The number of nitrogens with zero attached hydrogens (tertiary/aromatic N) is 1. The van der Waals surface area contributed by atoms with E-state index in [1.807, 2.05) is 6.07 Å². The Kier molecular flexibility index (Phi) is 12.0. The molecule has 0 saturated heterocycles. The van der Waals surface area contributed by atoms with Crippen LogP contribution in [0.1, 0.15) is 71.1 Å². The molecule has 0 heterocycles. The molecule has 0 fully saturated rings. The van der Waals surface area contributed by atoms with Gasteiger partial charge in [0, 0.05) is 13.0 Å². The standard InChI is InChI=1S/C14H28N2O2S/c1-2-3-4-5-6-7-8-11-14-19(17,18)16-13-10-9-12-15/h16H,2-11,13-14H2,1H3.